The lowest BCUT2D eigenvalue weighted by atomic mass is 9.83. The Kier molecular flexibility index (Phi) is 91.1. The summed E-state index contributed by atoms with van der Waals surface area (Å²) in [7, 11) is 0. The molecule has 2 aromatic carbocycles. The minimum atomic E-state index is -0.802. The van der Waals surface area contributed by atoms with Crippen LogP contribution in [0.1, 0.15) is 339 Å². The molecule has 2 unspecified atom stereocenters. The molecule has 5 atom stereocenters. The summed E-state index contributed by atoms with van der Waals surface area (Å²) in [5, 5.41) is 2.86. The summed E-state index contributed by atoms with van der Waals surface area (Å²) in [4.78, 5) is 74.3. The van der Waals surface area contributed by atoms with Gasteiger partial charge >= 0.3 is 30.0 Å². The van der Waals surface area contributed by atoms with Crippen molar-refractivity contribution in [1.29, 1.82) is 0 Å². The quantitative estimate of drug-likeness (QED) is 0.0416. The van der Waals surface area contributed by atoms with Gasteiger partial charge in [-0.25, -0.2) is 14.4 Å². The number of hydrogen-bond donors (Lipinski definition) is 1. The number of benzene rings is 2. The molecule has 0 aromatic heterocycles. The van der Waals surface area contributed by atoms with E-state index in [-0.39, 0.29) is 176 Å². The van der Waals surface area contributed by atoms with E-state index in [9.17, 15) is 24.0 Å². The fourth-order valence-electron chi connectivity index (χ4n) is 11.0. The second-order valence-electron chi connectivity index (χ2n) is 27.0. The molecule has 1 N–H and O–H groups in total. The van der Waals surface area contributed by atoms with E-state index in [0.717, 1.165) is 155 Å². The smallest absolute Gasteiger partial charge is 0.407 e. The molecule has 0 aliphatic carbocycles. The number of alkyl carbamates (subject to hydrolysis) is 1. The molecule has 2 aromatic rings. The first-order chi connectivity index (χ1) is 40.9. The van der Waals surface area contributed by atoms with Crippen LogP contribution < -0.4 is 5.32 Å². The zero-order valence-electron chi connectivity index (χ0n) is 55.2. The van der Waals surface area contributed by atoms with Crippen molar-refractivity contribution in [1.82, 2.24) is 24.9 Å². The highest BCUT2D eigenvalue weighted by Crippen LogP contribution is 2.34. The van der Waals surface area contributed by atoms with Gasteiger partial charge in [0.2, 0.25) is 0 Å². The second-order valence-corrected chi connectivity index (χ2v) is 27.0. The monoisotopic (exact) mass is 1480 g/mol. The average molecular weight is 1480 g/mol. The molecule has 4 rings (SSSR count). The van der Waals surface area contributed by atoms with Crippen LogP contribution in [0, 0.1) is 11.8 Å². The van der Waals surface area contributed by atoms with E-state index in [1.807, 2.05) is 100 Å². The number of nitrogens with zero attached hydrogens (tertiary/aromatic N) is 4. The zero-order valence-corrected chi connectivity index (χ0v) is 55.2. The molecule has 624 valence electrons. The van der Waals surface area contributed by atoms with Gasteiger partial charge in [-0.3, -0.25) is 19.4 Å². The van der Waals surface area contributed by atoms with E-state index in [2.05, 4.69) is 24.9 Å². The van der Waals surface area contributed by atoms with Gasteiger partial charge in [-0.05, 0) is 157 Å². The zero-order chi connectivity index (χ0) is 62.8. The Balaban J connectivity index is -0.000000388. The van der Waals surface area contributed by atoms with Crippen molar-refractivity contribution in [3.05, 3.63) is 71.8 Å². The molecule has 2 saturated heterocycles. The number of carbonyl (C=O) groups is 5. The Bertz CT molecular complexity index is 2200. The minimum Gasteiger partial charge on any atom is -0.459 e. The summed E-state index contributed by atoms with van der Waals surface area (Å²) in [5.41, 5.74) is -0.640. The minimum absolute atomic E-state index is 0. The first kappa shape index (κ1) is 131. The van der Waals surface area contributed by atoms with Crippen LogP contribution in [0.5, 0.6) is 0 Å². The standard InChI is InChI=1S/C69H115N5O12.17CH4/c1-55-56(2)62(83-64(78)58-38-28-25-29-39-58)65(82-59(55)54-81-63(77)57-36-26-24-27-37-57)80-51-33-23-19-15-14-18-22-32-42-72-44-35-46-73(52-60(75)84-67(3,4)5)49-47-71(43-34-45-74(50-48-72)53-61(76)85-68(6,7)8)41-31-21-17-13-12-16-20-30-40-70-66(79)86-69(9,10)11;;;;;;;;;;;;;;;;;/h24-29,36-39,55-56,59,62,65H,12-23,30-35,40-54H2,1-11H3,(H,70,79);17*1H4/t55-,56-,59?,62?,65+;;;;;;;;;;;;;;;;;/m0................./s1. The Hall–Kier alpha value is -4.65. The molecule has 0 radical (unpaired) electrons. The molecule has 0 saturated carbocycles. The first-order valence-corrected chi connectivity index (χ1v) is 33.0. The second kappa shape index (κ2) is 71.6. The summed E-state index contributed by atoms with van der Waals surface area (Å²) in [6.07, 6.45) is 17.3. The van der Waals surface area contributed by atoms with Gasteiger partial charge in [0, 0.05) is 58.3 Å². The molecule has 103 heavy (non-hydrogen) atoms. The van der Waals surface area contributed by atoms with Crippen molar-refractivity contribution >= 4 is 30.0 Å². The van der Waals surface area contributed by atoms with E-state index in [1.54, 1.807) is 36.4 Å². The molecule has 0 bridgehead atoms. The maximum Gasteiger partial charge on any atom is 0.407 e. The molecule has 2 aliphatic heterocycles. The van der Waals surface area contributed by atoms with Gasteiger partial charge in [-0.2, -0.15) is 0 Å². The van der Waals surface area contributed by atoms with Crippen LogP contribution in [0.3, 0.4) is 0 Å². The highest BCUT2D eigenvalue weighted by molar-refractivity contribution is 5.90. The first-order valence-electron chi connectivity index (χ1n) is 33.0. The lowest BCUT2D eigenvalue weighted by Gasteiger charge is -2.43. The van der Waals surface area contributed by atoms with E-state index in [1.165, 1.54) is 25.7 Å². The number of hydrogen-bond acceptors (Lipinski definition) is 16. The maximum absolute atomic E-state index is 13.3. The summed E-state index contributed by atoms with van der Waals surface area (Å²) < 4.78 is 41.6. The van der Waals surface area contributed by atoms with Crippen molar-refractivity contribution in [3.63, 3.8) is 0 Å². The summed E-state index contributed by atoms with van der Waals surface area (Å²) in [5.74, 6) is -1.40. The van der Waals surface area contributed by atoms with Gasteiger partial charge in [0.25, 0.3) is 0 Å². The highest BCUT2D eigenvalue weighted by Gasteiger charge is 2.45. The highest BCUT2D eigenvalue weighted by atomic mass is 16.7. The average Bonchev–Trinajstić information content (AvgIpc) is 0.801. The van der Waals surface area contributed by atoms with Gasteiger partial charge in [-0.1, -0.05) is 254 Å². The van der Waals surface area contributed by atoms with Gasteiger partial charge in [0.05, 0.1) is 30.3 Å². The Morgan fingerprint density at radius 3 is 1.15 bits per heavy atom. The van der Waals surface area contributed by atoms with E-state index < -0.39 is 47.2 Å². The molecule has 2 aliphatic rings. The fourth-order valence-corrected chi connectivity index (χ4v) is 11.0. The summed E-state index contributed by atoms with van der Waals surface area (Å²) in [6, 6.07) is 17.9. The van der Waals surface area contributed by atoms with Crippen molar-refractivity contribution < 1.29 is 57.1 Å². The Morgan fingerprint density at radius 2 is 0.757 bits per heavy atom. The largest absolute Gasteiger partial charge is 0.459 e. The molecule has 17 nitrogen and oxygen atoms in total. The number of rotatable bonds is 32. The number of carbonyl (C=O) groups excluding carboxylic acids is 5. The number of esters is 4. The molecular weight excluding hydrogens is 1290 g/mol. The van der Waals surface area contributed by atoms with Crippen LogP contribution in [-0.4, -0.2) is 183 Å². The van der Waals surface area contributed by atoms with Crippen molar-refractivity contribution in [2.24, 2.45) is 11.8 Å². The van der Waals surface area contributed by atoms with Crippen LogP contribution in [-0.2, 0) is 42.7 Å². The molecule has 2 heterocycles. The van der Waals surface area contributed by atoms with Gasteiger partial charge in [0.15, 0.2) is 12.4 Å². The lowest BCUT2D eigenvalue weighted by Crippen LogP contribution is -2.53. The molecule has 0 spiro atoms. The predicted octanol–water partition coefficient (Wildman–Crippen LogP) is 23.3. The summed E-state index contributed by atoms with van der Waals surface area (Å²) >= 11 is 0. The number of ether oxygens (including phenoxy) is 7. The van der Waals surface area contributed by atoms with Crippen LogP contribution >= 0.6 is 0 Å². The van der Waals surface area contributed by atoms with E-state index >= 15 is 0 Å². The Morgan fingerprint density at radius 1 is 0.417 bits per heavy atom. The maximum atomic E-state index is 13.3. The SMILES string of the molecule is C.C.C.C.C.C.C.C.C.C.C.C.C.C.C.C.C.C[C@@H]1C(COC(=O)c2ccccc2)O[C@@H](OCCCCCCCCCCN2CCCN(CC(=O)OC(C)(C)C)CCN(CCCCCCCCCCNC(=O)OC(C)(C)C)CCCN(CC(=O)OC(C)(C)C)CC2)C(OC(=O)c2ccccc2)[C@H]1C. The van der Waals surface area contributed by atoms with Gasteiger partial charge in [0.1, 0.15) is 23.4 Å². The number of unbranched alkanes of at least 4 members (excludes halogenated alkanes) is 14. The third kappa shape index (κ3) is 60.1. The van der Waals surface area contributed by atoms with Crippen molar-refractivity contribution in [2.45, 2.75) is 353 Å². The third-order valence-electron chi connectivity index (χ3n) is 15.8. The predicted molar refractivity (Wildman–Crippen MR) is 455 cm³/mol. The van der Waals surface area contributed by atoms with Crippen molar-refractivity contribution in [3.8, 4) is 0 Å². The fraction of sp³-hybridized carbons (Fsp3) is 0.802. The topological polar surface area (TPSA) is 175 Å². The van der Waals surface area contributed by atoms with Crippen LogP contribution in [0.4, 0.5) is 4.79 Å². The molecule has 17 heteroatoms. The van der Waals surface area contributed by atoms with Crippen LogP contribution in [0.15, 0.2) is 60.7 Å². The normalized spacial score (nSPS) is 17.0. The molecule has 1 amide bonds. The van der Waals surface area contributed by atoms with E-state index in [0.29, 0.717) is 24.3 Å². The van der Waals surface area contributed by atoms with E-state index in [4.69, 9.17) is 33.2 Å². The lowest BCUT2D eigenvalue weighted by molar-refractivity contribution is -0.274. The van der Waals surface area contributed by atoms with Crippen molar-refractivity contribution in [2.75, 3.05) is 98.3 Å². The van der Waals surface area contributed by atoms with Gasteiger partial charge < -0.3 is 48.3 Å². The van der Waals surface area contributed by atoms with Crippen LogP contribution in [0.25, 0.3) is 0 Å². The van der Waals surface area contributed by atoms with Gasteiger partial charge in [-0.15, -0.1) is 0 Å². The Labute approximate surface area is 644 Å². The molecular formula is C86H183N5O12. The third-order valence-corrected chi connectivity index (χ3v) is 15.8. The number of amides is 1. The summed E-state index contributed by atoms with van der Waals surface area (Å²) in [6.45, 7) is 31.6. The van der Waals surface area contributed by atoms with Crippen LogP contribution in [0.2, 0.25) is 0 Å². The molecule has 2 fully saturated rings. The number of nitrogens with one attached hydrogen (secondary N) is 1.